The van der Waals surface area contributed by atoms with E-state index in [2.05, 4.69) is 15.9 Å². The minimum Gasteiger partial charge on any atom is -0.397 e. The van der Waals surface area contributed by atoms with Crippen LogP contribution in [0.3, 0.4) is 0 Å². The molecule has 3 N–H and O–H groups in total. The molecular weight excluding hydrogens is 328 g/mol. The molecule has 0 aliphatic rings. The Hall–Kier alpha value is -1.11. The number of hydrogen-bond acceptors (Lipinski definition) is 4. The topological polar surface area (TPSA) is 66.6 Å². The Bertz CT molecular complexity index is 612. The molecule has 2 rings (SSSR count). The van der Waals surface area contributed by atoms with Gasteiger partial charge in [0.05, 0.1) is 12.3 Å². The molecule has 1 aromatic heterocycles. The summed E-state index contributed by atoms with van der Waals surface area (Å²) in [6.07, 6.45) is 0. The number of nitrogens with two attached hydrogens (primary N) is 1. The highest BCUT2D eigenvalue weighted by atomic mass is 79.9. The standard InChI is InChI=1S/C13H15BrN2O2S/c1-2-16(6-7-17)13(18)12-11(15)10-8(14)4-3-5-9(10)19-12/h3-5,17H,2,6-7,15H2,1H3. The van der Waals surface area contributed by atoms with Crippen LogP contribution in [0, 0.1) is 0 Å². The highest BCUT2D eigenvalue weighted by Crippen LogP contribution is 2.38. The number of halogens is 1. The number of aliphatic hydroxyl groups excluding tert-OH is 1. The molecule has 0 atom stereocenters. The maximum Gasteiger partial charge on any atom is 0.266 e. The number of likely N-dealkylation sites (N-methyl/N-ethyl adjacent to an activating group) is 1. The van der Waals surface area contributed by atoms with Crippen molar-refractivity contribution in [2.24, 2.45) is 0 Å². The Labute approximate surface area is 124 Å². The second-order valence-corrected chi connectivity index (χ2v) is 5.97. The molecule has 0 spiro atoms. The van der Waals surface area contributed by atoms with E-state index in [1.165, 1.54) is 11.3 Å². The van der Waals surface area contributed by atoms with Crippen molar-refractivity contribution in [2.45, 2.75) is 6.92 Å². The molecule has 0 saturated carbocycles. The first-order valence-electron chi connectivity index (χ1n) is 5.96. The summed E-state index contributed by atoms with van der Waals surface area (Å²) in [5, 5.41) is 9.87. The van der Waals surface area contributed by atoms with Crippen LogP contribution in [-0.4, -0.2) is 35.6 Å². The first kappa shape index (κ1) is 14.3. The number of benzene rings is 1. The van der Waals surface area contributed by atoms with Gasteiger partial charge in [-0.05, 0) is 19.1 Å². The zero-order chi connectivity index (χ0) is 14.0. The number of carbonyl (C=O) groups excluding carboxylic acids is 1. The second kappa shape index (κ2) is 5.90. The summed E-state index contributed by atoms with van der Waals surface area (Å²) >= 11 is 4.84. The van der Waals surface area contributed by atoms with Crippen molar-refractivity contribution >= 4 is 48.9 Å². The molecule has 0 saturated heterocycles. The molecule has 6 heteroatoms. The van der Waals surface area contributed by atoms with Gasteiger partial charge in [-0.2, -0.15) is 0 Å². The summed E-state index contributed by atoms with van der Waals surface area (Å²) in [5.41, 5.74) is 6.61. The number of hydrogen-bond donors (Lipinski definition) is 2. The van der Waals surface area contributed by atoms with Crippen LogP contribution in [0.1, 0.15) is 16.6 Å². The van der Waals surface area contributed by atoms with Crippen molar-refractivity contribution in [3.05, 3.63) is 27.5 Å². The second-order valence-electron chi connectivity index (χ2n) is 4.07. The van der Waals surface area contributed by atoms with E-state index in [1.807, 2.05) is 25.1 Å². The van der Waals surface area contributed by atoms with Crippen molar-refractivity contribution < 1.29 is 9.90 Å². The average molecular weight is 343 g/mol. The van der Waals surface area contributed by atoms with Gasteiger partial charge in [-0.3, -0.25) is 4.79 Å². The Morgan fingerprint density at radius 1 is 1.53 bits per heavy atom. The number of nitrogen functional groups attached to an aromatic ring is 1. The Morgan fingerprint density at radius 2 is 2.26 bits per heavy atom. The van der Waals surface area contributed by atoms with Crippen molar-refractivity contribution in [1.29, 1.82) is 0 Å². The van der Waals surface area contributed by atoms with Crippen LogP contribution in [-0.2, 0) is 0 Å². The lowest BCUT2D eigenvalue weighted by Crippen LogP contribution is -2.33. The number of carbonyl (C=O) groups is 1. The van der Waals surface area contributed by atoms with Gasteiger partial charge in [0.15, 0.2) is 0 Å². The first-order chi connectivity index (χ1) is 9.10. The van der Waals surface area contributed by atoms with Crippen LogP contribution < -0.4 is 5.73 Å². The highest BCUT2D eigenvalue weighted by Gasteiger charge is 2.21. The molecule has 0 radical (unpaired) electrons. The maximum atomic E-state index is 12.4. The maximum absolute atomic E-state index is 12.4. The summed E-state index contributed by atoms with van der Waals surface area (Å²) < 4.78 is 1.87. The third-order valence-corrected chi connectivity index (χ3v) is 4.75. The van der Waals surface area contributed by atoms with Crippen LogP contribution in [0.4, 0.5) is 5.69 Å². The third-order valence-electron chi connectivity index (χ3n) is 2.93. The van der Waals surface area contributed by atoms with E-state index in [-0.39, 0.29) is 12.5 Å². The van der Waals surface area contributed by atoms with E-state index < -0.39 is 0 Å². The number of rotatable bonds is 4. The number of nitrogens with zero attached hydrogens (tertiary/aromatic N) is 1. The first-order valence-corrected chi connectivity index (χ1v) is 7.57. The number of fused-ring (bicyclic) bond motifs is 1. The lowest BCUT2D eigenvalue weighted by Gasteiger charge is -2.18. The number of anilines is 1. The summed E-state index contributed by atoms with van der Waals surface area (Å²) in [4.78, 5) is 14.5. The van der Waals surface area contributed by atoms with Gasteiger partial charge in [0, 0.05) is 27.6 Å². The number of amides is 1. The largest absolute Gasteiger partial charge is 0.397 e. The van der Waals surface area contributed by atoms with Gasteiger partial charge in [0.1, 0.15) is 4.88 Å². The number of thiophene rings is 1. The third kappa shape index (κ3) is 2.61. The van der Waals surface area contributed by atoms with E-state index >= 15 is 0 Å². The highest BCUT2D eigenvalue weighted by molar-refractivity contribution is 9.10. The SMILES string of the molecule is CCN(CCO)C(=O)c1sc2cccc(Br)c2c1N. The van der Waals surface area contributed by atoms with Gasteiger partial charge in [0.25, 0.3) is 5.91 Å². The number of aliphatic hydroxyl groups is 1. The molecule has 4 nitrogen and oxygen atoms in total. The lowest BCUT2D eigenvalue weighted by molar-refractivity contribution is 0.0738. The van der Waals surface area contributed by atoms with Gasteiger partial charge in [-0.15, -0.1) is 11.3 Å². The van der Waals surface area contributed by atoms with Gasteiger partial charge < -0.3 is 15.7 Å². The van der Waals surface area contributed by atoms with E-state index in [0.29, 0.717) is 23.7 Å². The Morgan fingerprint density at radius 3 is 2.84 bits per heavy atom. The van der Waals surface area contributed by atoms with Gasteiger partial charge in [0.2, 0.25) is 0 Å². The van der Waals surface area contributed by atoms with Crippen molar-refractivity contribution in [3.63, 3.8) is 0 Å². The van der Waals surface area contributed by atoms with Gasteiger partial charge in [-0.25, -0.2) is 0 Å². The fraction of sp³-hybridized carbons (Fsp3) is 0.308. The van der Waals surface area contributed by atoms with Crippen LogP contribution in [0.25, 0.3) is 10.1 Å². The molecule has 1 heterocycles. The summed E-state index contributed by atoms with van der Waals surface area (Å²) in [7, 11) is 0. The van der Waals surface area contributed by atoms with E-state index in [4.69, 9.17) is 10.8 Å². The summed E-state index contributed by atoms with van der Waals surface area (Å²) in [6.45, 7) is 2.71. The fourth-order valence-electron chi connectivity index (χ4n) is 1.96. The zero-order valence-electron chi connectivity index (χ0n) is 10.5. The summed E-state index contributed by atoms with van der Waals surface area (Å²) in [6, 6.07) is 5.77. The fourth-order valence-corrected chi connectivity index (χ4v) is 3.78. The molecule has 0 bridgehead atoms. The Kier molecular flexibility index (Phi) is 4.44. The van der Waals surface area contributed by atoms with E-state index in [9.17, 15) is 4.79 Å². The Balaban J connectivity index is 2.48. The van der Waals surface area contributed by atoms with Crippen LogP contribution in [0.5, 0.6) is 0 Å². The monoisotopic (exact) mass is 342 g/mol. The van der Waals surface area contributed by atoms with Crippen molar-refractivity contribution in [3.8, 4) is 0 Å². The predicted octanol–water partition coefficient (Wildman–Crippen LogP) is 2.70. The molecule has 19 heavy (non-hydrogen) atoms. The minimum absolute atomic E-state index is 0.0475. The summed E-state index contributed by atoms with van der Waals surface area (Å²) in [5.74, 6) is -0.123. The van der Waals surface area contributed by atoms with Crippen LogP contribution >= 0.6 is 27.3 Å². The quantitative estimate of drug-likeness (QED) is 0.897. The molecule has 0 aliphatic carbocycles. The molecule has 0 aliphatic heterocycles. The van der Waals surface area contributed by atoms with Crippen LogP contribution in [0.15, 0.2) is 22.7 Å². The lowest BCUT2D eigenvalue weighted by atomic mass is 10.2. The van der Waals surface area contributed by atoms with Crippen molar-refractivity contribution in [1.82, 2.24) is 4.90 Å². The molecule has 0 unspecified atom stereocenters. The molecule has 102 valence electrons. The van der Waals surface area contributed by atoms with Gasteiger partial charge in [-0.1, -0.05) is 22.0 Å². The smallest absolute Gasteiger partial charge is 0.266 e. The molecule has 1 amide bonds. The normalized spacial score (nSPS) is 10.9. The predicted molar refractivity (Wildman–Crippen MR) is 82.6 cm³/mol. The van der Waals surface area contributed by atoms with E-state index in [0.717, 1.165) is 14.6 Å². The molecule has 1 aromatic carbocycles. The molecule has 2 aromatic rings. The minimum atomic E-state index is -0.123. The zero-order valence-corrected chi connectivity index (χ0v) is 12.9. The molecular formula is C13H15BrN2O2S. The van der Waals surface area contributed by atoms with Crippen LogP contribution in [0.2, 0.25) is 0 Å². The average Bonchev–Trinajstić information content (AvgIpc) is 2.74. The van der Waals surface area contributed by atoms with Gasteiger partial charge >= 0.3 is 0 Å². The van der Waals surface area contributed by atoms with Crippen molar-refractivity contribution in [2.75, 3.05) is 25.4 Å². The van der Waals surface area contributed by atoms with E-state index in [1.54, 1.807) is 4.90 Å². The molecule has 0 fully saturated rings.